The smallest absolute Gasteiger partial charge is 0.251 e. The predicted octanol–water partition coefficient (Wildman–Crippen LogP) is 3.07. The lowest BCUT2D eigenvalue weighted by Crippen LogP contribution is -2.62. The number of amides is 1. The van der Waals surface area contributed by atoms with Gasteiger partial charge in [0, 0.05) is 27.9 Å². The number of carbonyl (C=O) groups is 1. The van der Waals surface area contributed by atoms with E-state index in [1.54, 1.807) is 11.5 Å². The number of piperidine rings is 3. The summed E-state index contributed by atoms with van der Waals surface area (Å²) in [6.45, 7) is 6.75. The molecule has 0 saturated carbocycles. The maximum atomic E-state index is 12.8. The van der Waals surface area contributed by atoms with Gasteiger partial charge in [0.05, 0.1) is 5.52 Å². The van der Waals surface area contributed by atoms with E-state index in [1.165, 1.54) is 30.8 Å². The number of benzene rings is 1. The van der Waals surface area contributed by atoms with Crippen LogP contribution in [0.5, 0.6) is 0 Å². The SMILES string of the molecule is CCc1snc2ccc(C(=O)N[C@@H]3C4CCN(CC4)[C@H]3C)cc12. The van der Waals surface area contributed by atoms with Crippen LogP contribution in [0, 0.1) is 5.92 Å². The summed E-state index contributed by atoms with van der Waals surface area (Å²) in [6, 6.07) is 6.62. The first-order chi connectivity index (χ1) is 11.2. The highest BCUT2D eigenvalue weighted by atomic mass is 32.1. The summed E-state index contributed by atoms with van der Waals surface area (Å²) in [7, 11) is 0. The average molecular weight is 329 g/mol. The van der Waals surface area contributed by atoms with Crippen molar-refractivity contribution in [2.45, 2.75) is 45.2 Å². The number of nitrogens with one attached hydrogen (secondary N) is 1. The standard InChI is InChI=1S/C18H23N3OS/c1-3-16-14-10-13(4-5-15(14)20-23-16)18(22)19-17-11(2)21-8-6-12(17)7-9-21/h4-5,10-12,17H,3,6-9H2,1-2H3,(H,19,22)/t11-,17-/m0/s1. The molecule has 23 heavy (non-hydrogen) atoms. The van der Waals surface area contributed by atoms with Crippen molar-refractivity contribution in [3.8, 4) is 0 Å². The van der Waals surface area contributed by atoms with E-state index in [-0.39, 0.29) is 11.9 Å². The van der Waals surface area contributed by atoms with Crippen LogP contribution in [0.3, 0.4) is 0 Å². The van der Waals surface area contributed by atoms with Gasteiger partial charge >= 0.3 is 0 Å². The molecule has 3 saturated heterocycles. The Bertz CT molecular complexity index is 731. The summed E-state index contributed by atoms with van der Waals surface area (Å²) in [4.78, 5) is 16.5. The second-order valence-electron chi connectivity index (χ2n) is 6.80. The van der Waals surface area contributed by atoms with Gasteiger partial charge in [0.25, 0.3) is 5.91 Å². The van der Waals surface area contributed by atoms with Gasteiger partial charge in [-0.15, -0.1) is 0 Å². The molecule has 0 radical (unpaired) electrons. The fourth-order valence-electron chi connectivity index (χ4n) is 4.17. The van der Waals surface area contributed by atoms with Crippen LogP contribution in [-0.2, 0) is 6.42 Å². The largest absolute Gasteiger partial charge is 0.347 e. The highest BCUT2D eigenvalue weighted by Crippen LogP contribution is 2.32. The van der Waals surface area contributed by atoms with Crippen molar-refractivity contribution in [2.75, 3.05) is 13.1 Å². The number of hydrogen-bond donors (Lipinski definition) is 1. The van der Waals surface area contributed by atoms with Crippen molar-refractivity contribution < 1.29 is 4.79 Å². The number of hydrogen-bond acceptors (Lipinski definition) is 4. The van der Waals surface area contributed by atoms with E-state index >= 15 is 0 Å². The van der Waals surface area contributed by atoms with Crippen LogP contribution < -0.4 is 5.32 Å². The maximum Gasteiger partial charge on any atom is 0.251 e. The van der Waals surface area contributed by atoms with E-state index in [1.807, 2.05) is 18.2 Å². The topological polar surface area (TPSA) is 45.2 Å². The Balaban J connectivity index is 1.57. The molecule has 4 heterocycles. The quantitative estimate of drug-likeness (QED) is 0.941. The second kappa shape index (κ2) is 5.87. The molecule has 122 valence electrons. The first-order valence-electron chi connectivity index (χ1n) is 8.60. The summed E-state index contributed by atoms with van der Waals surface area (Å²) < 4.78 is 4.45. The fraction of sp³-hybridized carbons (Fsp3) is 0.556. The van der Waals surface area contributed by atoms with Crippen molar-refractivity contribution in [2.24, 2.45) is 5.92 Å². The molecule has 1 aromatic carbocycles. The van der Waals surface area contributed by atoms with Crippen LogP contribution in [-0.4, -0.2) is 40.4 Å². The Morgan fingerprint density at radius 2 is 2.17 bits per heavy atom. The molecule has 4 nitrogen and oxygen atoms in total. The van der Waals surface area contributed by atoms with Crippen molar-refractivity contribution in [1.29, 1.82) is 0 Å². The number of carbonyl (C=O) groups excluding carboxylic acids is 1. The van der Waals surface area contributed by atoms with Crippen molar-refractivity contribution in [1.82, 2.24) is 14.6 Å². The molecule has 5 heteroatoms. The molecule has 1 N–H and O–H groups in total. The Morgan fingerprint density at radius 1 is 1.39 bits per heavy atom. The second-order valence-corrected chi connectivity index (χ2v) is 7.66. The zero-order valence-electron chi connectivity index (χ0n) is 13.7. The van der Waals surface area contributed by atoms with Crippen LogP contribution in [0.15, 0.2) is 18.2 Å². The lowest BCUT2D eigenvalue weighted by atomic mass is 9.79. The summed E-state index contributed by atoms with van der Waals surface area (Å²) in [5, 5.41) is 4.44. The monoisotopic (exact) mass is 329 g/mol. The molecular formula is C18H23N3OS. The van der Waals surface area contributed by atoms with E-state index in [9.17, 15) is 4.79 Å². The van der Waals surface area contributed by atoms with Crippen LogP contribution in [0.25, 0.3) is 10.9 Å². The minimum atomic E-state index is 0.0609. The molecule has 2 bridgehead atoms. The van der Waals surface area contributed by atoms with Crippen LogP contribution >= 0.6 is 11.5 Å². The third-order valence-corrected chi connectivity index (χ3v) is 6.63. The minimum Gasteiger partial charge on any atom is -0.347 e. The Labute approximate surface area is 141 Å². The Hall–Kier alpha value is -1.46. The summed E-state index contributed by atoms with van der Waals surface area (Å²) in [5.74, 6) is 0.697. The van der Waals surface area contributed by atoms with Crippen molar-refractivity contribution >= 4 is 28.3 Å². The van der Waals surface area contributed by atoms with Gasteiger partial charge in [-0.3, -0.25) is 9.69 Å². The van der Waals surface area contributed by atoms with Gasteiger partial charge in [-0.25, -0.2) is 0 Å². The van der Waals surface area contributed by atoms with Crippen LogP contribution in [0.1, 0.15) is 41.9 Å². The first-order valence-corrected chi connectivity index (χ1v) is 9.38. The molecule has 0 spiro atoms. The van der Waals surface area contributed by atoms with E-state index < -0.39 is 0 Å². The van der Waals surface area contributed by atoms with Gasteiger partial charge in [-0.1, -0.05) is 6.92 Å². The third-order valence-electron chi connectivity index (χ3n) is 5.61. The van der Waals surface area contributed by atoms with E-state index in [0.29, 0.717) is 12.0 Å². The van der Waals surface area contributed by atoms with Crippen molar-refractivity contribution in [3.63, 3.8) is 0 Å². The highest BCUT2D eigenvalue weighted by molar-refractivity contribution is 7.07. The van der Waals surface area contributed by atoms with Crippen LogP contribution in [0.2, 0.25) is 0 Å². The van der Waals surface area contributed by atoms with Gasteiger partial charge in [0.1, 0.15) is 0 Å². The maximum absolute atomic E-state index is 12.8. The molecule has 1 amide bonds. The number of rotatable bonds is 3. The lowest BCUT2D eigenvalue weighted by molar-refractivity contribution is 0.0217. The molecule has 1 aromatic heterocycles. The minimum absolute atomic E-state index is 0.0609. The van der Waals surface area contributed by atoms with Gasteiger partial charge in [-0.05, 0) is 74.9 Å². The number of aryl methyl sites for hydroxylation is 1. The summed E-state index contributed by atoms with van der Waals surface area (Å²) in [6.07, 6.45) is 3.38. The molecule has 0 unspecified atom stereocenters. The zero-order chi connectivity index (χ0) is 16.0. The zero-order valence-corrected chi connectivity index (χ0v) is 14.5. The predicted molar refractivity (Wildman–Crippen MR) is 94.0 cm³/mol. The Morgan fingerprint density at radius 3 is 2.87 bits per heavy atom. The molecule has 3 aliphatic rings. The Kier molecular flexibility index (Phi) is 3.85. The van der Waals surface area contributed by atoms with E-state index in [2.05, 4.69) is 28.4 Å². The molecule has 5 rings (SSSR count). The molecule has 0 aliphatic carbocycles. The summed E-state index contributed by atoms with van der Waals surface area (Å²) >= 11 is 1.54. The fourth-order valence-corrected chi connectivity index (χ4v) is 4.93. The lowest BCUT2D eigenvalue weighted by Gasteiger charge is -2.49. The third kappa shape index (κ3) is 2.56. The number of nitrogens with zero attached hydrogens (tertiary/aromatic N) is 2. The molecule has 2 aromatic rings. The van der Waals surface area contributed by atoms with Gasteiger partial charge in [0.2, 0.25) is 0 Å². The molecule has 2 atom stereocenters. The first kappa shape index (κ1) is 15.1. The normalized spacial score (nSPS) is 29.8. The van der Waals surface area contributed by atoms with Crippen LogP contribution in [0.4, 0.5) is 0 Å². The van der Waals surface area contributed by atoms with E-state index in [0.717, 1.165) is 22.9 Å². The van der Waals surface area contributed by atoms with Gasteiger partial charge in [-0.2, -0.15) is 4.37 Å². The van der Waals surface area contributed by atoms with E-state index in [4.69, 9.17) is 0 Å². The van der Waals surface area contributed by atoms with Crippen molar-refractivity contribution in [3.05, 3.63) is 28.6 Å². The van der Waals surface area contributed by atoms with Gasteiger partial charge < -0.3 is 5.32 Å². The molecule has 3 fully saturated rings. The summed E-state index contributed by atoms with van der Waals surface area (Å²) in [5.41, 5.74) is 1.76. The average Bonchev–Trinajstić information content (AvgIpc) is 3.00. The van der Waals surface area contributed by atoms with Gasteiger partial charge in [0.15, 0.2) is 0 Å². The molecular weight excluding hydrogens is 306 g/mol. The number of aromatic nitrogens is 1. The molecule has 3 aliphatic heterocycles. The number of fused-ring (bicyclic) bond motifs is 4. The highest BCUT2D eigenvalue weighted by Gasteiger charge is 2.40.